The summed E-state index contributed by atoms with van der Waals surface area (Å²) in [6.07, 6.45) is 2.20. The van der Waals surface area contributed by atoms with Gasteiger partial charge in [0.05, 0.1) is 6.10 Å². The Balaban J connectivity index is 1.58. The number of amides is 1. The molecule has 2 N–H and O–H groups in total. The molecule has 148 valence electrons. The smallest absolute Gasteiger partial charge is 0.315 e. The topological polar surface area (TPSA) is 84.9 Å². The van der Waals surface area contributed by atoms with Gasteiger partial charge in [-0.1, -0.05) is 30.3 Å². The second-order valence-electron chi connectivity index (χ2n) is 7.16. The maximum absolute atomic E-state index is 12.5. The van der Waals surface area contributed by atoms with Crippen LogP contribution in [0.3, 0.4) is 0 Å². The minimum Gasteiger partial charge on any atom is -0.491 e. The van der Waals surface area contributed by atoms with Crippen LogP contribution in [0.25, 0.3) is 0 Å². The van der Waals surface area contributed by atoms with Crippen LogP contribution in [0.4, 0.5) is 0 Å². The van der Waals surface area contributed by atoms with Gasteiger partial charge in [0.1, 0.15) is 17.8 Å². The lowest BCUT2D eigenvalue weighted by atomic mass is 9.82. The van der Waals surface area contributed by atoms with Gasteiger partial charge in [-0.3, -0.25) is 9.59 Å². The molecule has 1 aliphatic rings. The van der Waals surface area contributed by atoms with Crippen molar-refractivity contribution in [2.24, 2.45) is 0 Å². The Bertz CT molecular complexity index is 799. The average Bonchev–Trinajstić information content (AvgIpc) is 3.25. The van der Waals surface area contributed by atoms with Crippen LogP contribution >= 0.6 is 0 Å². The van der Waals surface area contributed by atoms with Gasteiger partial charge in [-0.15, -0.1) is 0 Å². The highest BCUT2D eigenvalue weighted by molar-refractivity contribution is 5.95. The van der Waals surface area contributed by atoms with Crippen LogP contribution in [0, 0.1) is 0 Å². The molecule has 0 radical (unpaired) electrons. The first-order chi connectivity index (χ1) is 13.5. The number of carboxylic acid groups (broad SMARTS) is 1. The molecule has 1 aliphatic heterocycles. The Hall–Kier alpha value is -2.86. The minimum atomic E-state index is -1.21. The van der Waals surface area contributed by atoms with Crippen LogP contribution < -0.4 is 10.1 Å². The molecule has 1 saturated heterocycles. The molecule has 3 rings (SSSR count). The molecule has 1 amide bonds. The third kappa shape index (κ3) is 4.70. The first-order valence-electron chi connectivity index (χ1n) is 9.40. The molecule has 6 heteroatoms. The zero-order chi connectivity index (χ0) is 20.0. The summed E-state index contributed by atoms with van der Waals surface area (Å²) < 4.78 is 11.2. The molecular weight excluding hydrogens is 358 g/mol. The third-order valence-electron chi connectivity index (χ3n) is 5.06. The van der Waals surface area contributed by atoms with Gasteiger partial charge in [-0.25, -0.2) is 0 Å². The SMILES string of the molecule is CC(CNC(=O)c1ccc(OCC2CCCO2)cc1)(C(=O)O)c1ccccc1. The molecule has 1 heterocycles. The van der Waals surface area contributed by atoms with E-state index in [1.807, 2.05) is 6.07 Å². The molecule has 0 aromatic heterocycles. The van der Waals surface area contributed by atoms with E-state index >= 15 is 0 Å². The van der Waals surface area contributed by atoms with Crippen LogP contribution in [-0.2, 0) is 14.9 Å². The second-order valence-corrected chi connectivity index (χ2v) is 7.16. The molecule has 6 nitrogen and oxygen atoms in total. The normalized spacial score (nSPS) is 18.2. The molecule has 0 saturated carbocycles. The van der Waals surface area contributed by atoms with Crippen molar-refractivity contribution in [2.45, 2.75) is 31.3 Å². The van der Waals surface area contributed by atoms with E-state index in [2.05, 4.69) is 5.32 Å². The number of ether oxygens (including phenoxy) is 2. The summed E-state index contributed by atoms with van der Waals surface area (Å²) in [5.74, 6) is -0.641. The first kappa shape index (κ1) is 19.9. The maximum Gasteiger partial charge on any atom is 0.315 e. The highest BCUT2D eigenvalue weighted by atomic mass is 16.5. The van der Waals surface area contributed by atoms with E-state index in [0.29, 0.717) is 23.5 Å². The number of benzene rings is 2. The Morgan fingerprint density at radius 3 is 2.50 bits per heavy atom. The van der Waals surface area contributed by atoms with Gasteiger partial charge in [0.2, 0.25) is 0 Å². The van der Waals surface area contributed by atoms with E-state index < -0.39 is 11.4 Å². The zero-order valence-corrected chi connectivity index (χ0v) is 15.9. The Kier molecular flexibility index (Phi) is 6.31. The summed E-state index contributed by atoms with van der Waals surface area (Å²) in [4.78, 5) is 24.3. The van der Waals surface area contributed by atoms with E-state index in [1.54, 1.807) is 55.5 Å². The summed E-state index contributed by atoms with van der Waals surface area (Å²) in [7, 11) is 0. The number of nitrogens with one attached hydrogen (secondary N) is 1. The zero-order valence-electron chi connectivity index (χ0n) is 15.9. The molecule has 1 fully saturated rings. The van der Waals surface area contributed by atoms with Crippen LogP contribution in [0.1, 0.15) is 35.7 Å². The number of hydrogen-bond acceptors (Lipinski definition) is 4. The van der Waals surface area contributed by atoms with Gasteiger partial charge in [0.15, 0.2) is 0 Å². The standard InChI is InChI=1S/C22H25NO5/c1-22(21(25)26,17-6-3-2-4-7-17)15-23-20(24)16-9-11-18(12-10-16)28-14-19-8-5-13-27-19/h2-4,6-7,9-12,19H,5,8,13-15H2,1H3,(H,23,24)(H,25,26). The van der Waals surface area contributed by atoms with Crippen molar-refractivity contribution >= 4 is 11.9 Å². The lowest BCUT2D eigenvalue weighted by Gasteiger charge is -2.25. The van der Waals surface area contributed by atoms with Gasteiger partial charge in [-0.05, 0) is 49.6 Å². The van der Waals surface area contributed by atoms with E-state index in [1.165, 1.54) is 0 Å². The predicted molar refractivity (Wildman–Crippen MR) is 105 cm³/mol. The van der Waals surface area contributed by atoms with E-state index in [-0.39, 0.29) is 18.6 Å². The Morgan fingerprint density at radius 2 is 1.89 bits per heavy atom. The van der Waals surface area contributed by atoms with Crippen LogP contribution in [0.15, 0.2) is 54.6 Å². The second kappa shape index (κ2) is 8.89. The minimum absolute atomic E-state index is 0.0115. The van der Waals surface area contributed by atoms with Crippen molar-refractivity contribution in [1.82, 2.24) is 5.32 Å². The molecule has 0 aliphatic carbocycles. The van der Waals surface area contributed by atoms with Crippen molar-refractivity contribution in [3.8, 4) is 5.75 Å². The van der Waals surface area contributed by atoms with Crippen LogP contribution in [0.2, 0.25) is 0 Å². The predicted octanol–water partition coefficient (Wildman–Crippen LogP) is 3.02. The lowest BCUT2D eigenvalue weighted by molar-refractivity contribution is -0.142. The number of carboxylic acids is 1. The molecule has 0 bridgehead atoms. The molecule has 28 heavy (non-hydrogen) atoms. The van der Waals surface area contributed by atoms with Gasteiger partial charge in [0.25, 0.3) is 5.91 Å². The van der Waals surface area contributed by atoms with Crippen LogP contribution in [0.5, 0.6) is 5.75 Å². The summed E-state index contributed by atoms with van der Waals surface area (Å²) in [5.41, 5.74) is -0.118. The van der Waals surface area contributed by atoms with Gasteiger partial charge in [-0.2, -0.15) is 0 Å². The van der Waals surface area contributed by atoms with Crippen molar-refractivity contribution in [3.63, 3.8) is 0 Å². The monoisotopic (exact) mass is 383 g/mol. The number of hydrogen-bond donors (Lipinski definition) is 2. The van der Waals surface area contributed by atoms with E-state index in [4.69, 9.17) is 9.47 Å². The molecule has 0 spiro atoms. The van der Waals surface area contributed by atoms with Crippen molar-refractivity contribution < 1.29 is 24.2 Å². The van der Waals surface area contributed by atoms with Crippen molar-refractivity contribution in [2.75, 3.05) is 19.8 Å². The highest BCUT2D eigenvalue weighted by Crippen LogP contribution is 2.23. The van der Waals surface area contributed by atoms with Crippen molar-refractivity contribution in [3.05, 3.63) is 65.7 Å². The molecule has 2 atom stereocenters. The number of carbonyl (C=O) groups is 2. The van der Waals surface area contributed by atoms with Crippen LogP contribution in [-0.4, -0.2) is 42.8 Å². The van der Waals surface area contributed by atoms with Crippen molar-refractivity contribution in [1.29, 1.82) is 0 Å². The largest absolute Gasteiger partial charge is 0.491 e. The van der Waals surface area contributed by atoms with E-state index in [9.17, 15) is 14.7 Å². The van der Waals surface area contributed by atoms with Gasteiger partial charge < -0.3 is 19.9 Å². The summed E-state index contributed by atoms with van der Waals surface area (Å²) in [6, 6.07) is 15.7. The average molecular weight is 383 g/mol. The number of aliphatic carboxylic acids is 1. The third-order valence-corrected chi connectivity index (χ3v) is 5.06. The fourth-order valence-electron chi connectivity index (χ4n) is 3.13. The molecule has 2 unspecified atom stereocenters. The van der Waals surface area contributed by atoms with Gasteiger partial charge in [0, 0.05) is 18.7 Å². The Labute approximate surface area is 164 Å². The van der Waals surface area contributed by atoms with E-state index in [0.717, 1.165) is 19.4 Å². The fourth-order valence-corrected chi connectivity index (χ4v) is 3.13. The Morgan fingerprint density at radius 1 is 1.18 bits per heavy atom. The summed E-state index contributed by atoms with van der Waals surface area (Å²) in [6.45, 7) is 2.88. The number of rotatable bonds is 8. The first-order valence-corrected chi connectivity index (χ1v) is 9.40. The fraction of sp³-hybridized carbons (Fsp3) is 0.364. The van der Waals surface area contributed by atoms with Gasteiger partial charge >= 0.3 is 5.97 Å². The summed E-state index contributed by atoms with van der Waals surface area (Å²) >= 11 is 0. The molecule has 2 aromatic carbocycles. The molecule has 2 aromatic rings. The quantitative estimate of drug-likeness (QED) is 0.732. The molecular formula is C22H25NO5. The highest BCUT2D eigenvalue weighted by Gasteiger charge is 2.35. The summed E-state index contributed by atoms with van der Waals surface area (Å²) in [5, 5.41) is 12.4. The lowest BCUT2D eigenvalue weighted by Crippen LogP contribution is -2.44. The maximum atomic E-state index is 12.5. The number of carbonyl (C=O) groups excluding carboxylic acids is 1.